The monoisotopic (exact) mass is 690 g/mol. The zero-order valence-electron chi connectivity index (χ0n) is 29.4. The molecule has 0 unspecified atom stereocenters. The highest BCUT2D eigenvalue weighted by molar-refractivity contribution is 6.01. The number of anilines is 1. The molecule has 2 fully saturated rings. The van der Waals surface area contributed by atoms with Gasteiger partial charge in [-0.15, -0.1) is 0 Å². The number of H-pyrrole nitrogens is 1. The number of benzene rings is 3. The first kappa shape index (κ1) is 35.3. The van der Waals surface area contributed by atoms with Gasteiger partial charge in [-0.05, 0) is 85.5 Å². The summed E-state index contributed by atoms with van der Waals surface area (Å²) in [7, 11) is 5.01. The van der Waals surface area contributed by atoms with Crippen LogP contribution in [0.2, 0.25) is 0 Å². The SMILES string of the molecule is COc1ccc(NC(=O)C2(N(Cc3ccc(C(F)(F)F)cc3)C(=O)C[C@@H]3[C@H](c4c(C)[nH]c5ccccc45)C3(C)C)CCN(C)CC2)c(OC)c1. The van der Waals surface area contributed by atoms with Crippen molar-refractivity contribution in [3.8, 4) is 11.5 Å². The fourth-order valence-corrected chi connectivity index (χ4v) is 7.90. The molecule has 2 atom stereocenters. The summed E-state index contributed by atoms with van der Waals surface area (Å²) >= 11 is 0. The van der Waals surface area contributed by atoms with E-state index >= 15 is 0 Å². The predicted molar refractivity (Wildman–Crippen MR) is 187 cm³/mol. The van der Waals surface area contributed by atoms with Gasteiger partial charge in [0.05, 0.1) is 25.5 Å². The van der Waals surface area contributed by atoms with Crippen molar-refractivity contribution in [1.29, 1.82) is 0 Å². The Balaban J connectivity index is 1.37. The zero-order valence-corrected chi connectivity index (χ0v) is 29.4. The number of fused-ring (bicyclic) bond motifs is 1. The molecule has 1 aromatic heterocycles. The molecular weight excluding hydrogens is 645 g/mol. The number of hydrogen-bond acceptors (Lipinski definition) is 5. The van der Waals surface area contributed by atoms with E-state index in [9.17, 15) is 22.8 Å². The molecule has 3 aromatic carbocycles. The molecule has 0 bridgehead atoms. The van der Waals surface area contributed by atoms with Crippen LogP contribution in [0.25, 0.3) is 10.9 Å². The third-order valence-electron chi connectivity index (χ3n) is 11.0. The van der Waals surface area contributed by atoms with Crippen LogP contribution >= 0.6 is 0 Å². The molecule has 8 nitrogen and oxygen atoms in total. The molecule has 266 valence electrons. The first-order chi connectivity index (χ1) is 23.7. The number of likely N-dealkylation sites (tertiary alicyclic amines) is 1. The molecule has 0 spiro atoms. The first-order valence-corrected chi connectivity index (χ1v) is 17.0. The summed E-state index contributed by atoms with van der Waals surface area (Å²) in [5.74, 6) is 0.494. The van der Waals surface area contributed by atoms with Crippen LogP contribution in [0.4, 0.5) is 18.9 Å². The predicted octanol–water partition coefficient (Wildman–Crippen LogP) is 7.77. The number of hydrogen-bond donors (Lipinski definition) is 2. The van der Waals surface area contributed by atoms with Crippen molar-refractivity contribution in [2.75, 3.05) is 39.7 Å². The summed E-state index contributed by atoms with van der Waals surface area (Å²) in [4.78, 5) is 36.7. The van der Waals surface area contributed by atoms with Gasteiger partial charge in [0.15, 0.2) is 0 Å². The van der Waals surface area contributed by atoms with E-state index in [0.717, 1.165) is 28.7 Å². The lowest BCUT2D eigenvalue weighted by molar-refractivity contribution is -0.150. The van der Waals surface area contributed by atoms with Crippen LogP contribution in [0.1, 0.15) is 61.4 Å². The van der Waals surface area contributed by atoms with E-state index < -0.39 is 17.3 Å². The molecule has 4 aromatic rings. The van der Waals surface area contributed by atoms with Crippen molar-refractivity contribution in [2.45, 2.75) is 64.2 Å². The van der Waals surface area contributed by atoms with E-state index in [2.05, 4.69) is 42.0 Å². The number of nitrogens with one attached hydrogen (secondary N) is 2. The average molecular weight is 691 g/mol. The quantitative estimate of drug-likeness (QED) is 0.178. The van der Waals surface area contributed by atoms with Crippen LogP contribution < -0.4 is 14.8 Å². The summed E-state index contributed by atoms with van der Waals surface area (Å²) in [6.45, 7) is 7.49. The number of nitrogens with zero attached hydrogens (tertiary/aromatic N) is 2. The Kier molecular flexibility index (Phi) is 9.41. The van der Waals surface area contributed by atoms with Crippen LogP contribution in [0.15, 0.2) is 66.7 Å². The number of carbonyl (C=O) groups excluding carboxylic acids is 2. The first-order valence-electron chi connectivity index (χ1n) is 17.0. The number of rotatable bonds is 10. The molecule has 1 aliphatic carbocycles. The number of aryl methyl sites for hydroxylation is 1. The van der Waals surface area contributed by atoms with E-state index in [4.69, 9.17) is 9.47 Å². The van der Waals surface area contributed by atoms with E-state index in [0.29, 0.717) is 48.7 Å². The second-order valence-corrected chi connectivity index (χ2v) is 14.3. The van der Waals surface area contributed by atoms with Gasteiger partial charge in [-0.1, -0.05) is 44.2 Å². The standard InChI is InChI=1S/C39H45F3N4O4/c1-24-34(28-9-7-8-10-30(28)43-24)35-29(37(35,2)3)22-33(47)46(23-25-11-13-26(14-12-25)39(40,41)42)38(17-19-45(4)20-18-38)36(48)44-31-16-15-27(49-5)21-32(31)50-6/h7-16,21,29,35,43H,17-20,22-23H2,1-6H3,(H,44,48)/t29-,35-/m1/s1. The normalized spacial score (nSPS) is 19.9. The lowest BCUT2D eigenvalue weighted by atomic mass is 9.83. The molecule has 1 aliphatic heterocycles. The summed E-state index contributed by atoms with van der Waals surface area (Å²) in [5, 5.41) is 4.19. The van der Waals surface area contributed by atoms with Crippen LogP contribution in [-0.2, 0) is 22.3 Å². The Morgan fingerprint density at radius 1 is 1.00 bits per heavy atom. The number of carbonyl (C=O) groups is 2. The highest BCUT2D eigenvalue weighted by atomic mass is 19.4. The number of methoxy groups -OCH3 is 2. The van der Waals surface area contributed by atoms with Crippen molar-refractivity contribution in [3.63, 3.8) is 0 Å². The Morgan fingerprint density at radius 3 is 2.32 bits per heavy atom. The van der Waals surface area contributed by atoms with Gasteiger partial charge in [-0.2, -0.15) is 13.2 Å². The maximum absolute atomic E-state index is 14.8. The van der Waals surface area contributed by atoms with Gasteiger partial charge in [0.2, 0.25) is 5.91 Å². The molecule has 50 heavy (non-hydrogen) atoms. The van der Waals surface area contributed by atoms with Gasteiger partial charge in [0.25, 0.3) is 5.91 Å². The molecule has 2 heterocycles. The second kappa shape index (κ2) is 13.3. The number of aromatic amines is 1. The molecule has 1 saturated heterocycles. The molecular formula is C39H45F3N4O4. The molecule has 2 amide bonds. The number of aromatic nitrogens is 1. The third-order valence-corrected chi connectivity index (χ3v) is 11.0. The summed E-state index contributed by atoms with van der Waals surface area (Å²) in [5.41, 5.74) is 2.03. The topological polar surface area (TPSA) is 86.9 Å². The minimum absolute atomic E-state index is 0.00364. The maximum atomic E-state index is 14.8. The molecule has 11 heteroatoms. The van der Waals surface area contributed by atoms with Crippen LogP contribution in [-0.4, -0.2) is 66.5 Å². The minimum atomic E-state index is -4.49. The summed E-state index contributed by atoms with van der Waals surface area (Å²) in [6.07, 6.45) is -3.61. The highest BCUT2D eigenvalue weighted by Crippen LogP contribution is 2.67. The largest absolute Gasteiger partial charge is 0.497 e. The number of piperidine rings is 1. The van der Waals surface area contributed by atoms with E-state index in [1.54, 1.807) is 23.1 Å². The number of alkyl halides is 3. The van der Waals surface area contributed by atoms with Crippen molar-refractivity contribution >= 4 is 28.4 Å². The van der Waals surface area contributed by atoms with Gasteiger partial charge in [-0.3, -0.25) is 9.59 Å². The van der Waals surface area contributed by atoms with Gasteiger partial charge in [-0.25, -0.2) is 0 Å². The Morgan fingerprint density at radius 2 is 1.68 bits per heavy atom. The van der Waals surface area contributed by atoms with Crippen molar-refractivity contribution in [2.24, 2.45) is 11.3 Å². The summed E-state index contributed by atoms with van der Waals surface area (Å²) < 4.78 is 51.3. The fraction of sp³-hybridized carbons (Fsp3) is 0.436. The number of ether oxygens (including phenoxy) is 2. The molecule has 6 rings (SSSR count). The Hall–Kier alpha value is -4.51. The third kappa shape index (κ3) is 6.55. The second-order valence-electron chi connectivity index (χ2n) is 14.3. The molecule has 1 saturated carbocycles. The van der Waals surface area contributed by atoms with Gasteiger partial charge in [0, 0.05) is 48.7 Å². The molecule has 0 radical (unpaired) electrons. The maximum Gasteiger partial charge on any atom is 0.416 e. The zero-order chi connectivity index (χ0) is 36.0. The van der Waals surface area contributed by atoms with Gasteiger partial charge in [0.1, 0.15) is 17.0 Å². The lowest BCUT2D eigenvalue weighted by Gasteiger charge is -2.47. The van der Waals surface area contributed by atoms with E-state index in [-0.39, 0.29) is 42.0 Å². The smallest absolute Gasteiger partial charge is 0.416 e. The summed E-state index contributed by atoms with van der Waals surface area (Å²) in [6, 6.07) is 18.1. The van der Waals surface area contributed by atoms with Crippen LogP contribution in [0, 0.1) is 18.3 Å². The Labute approximate surface area is 290 Å². The van der Waals surface area contributed by atoms with E-state index in [1.807, 2.05) is 25.2 Å². The fourth-order valence-electron chi connectivity index (χ4n) is 7.90. The number of para-hydroxylation sites is 1. The lowest BCUT2D eigenvalue weighted by Crippen LogP contribution is -2.62. The van der Waals surface area contributed by atoms with Crippen molar-refractivity contribution in [1.82, 2.24) is 14.8 Å². The number of halogens is 3. The average Bonchev–Trinajstić information content (AvgIpc) is 3.43. The van der Waals surface area contributed by atoms with Gasteiger partial charge >= 0.3 is 6.18 Å². The molecule has 2 N–H and O–H groups in total. The Bertz CT molecular complexity index is 1880. The van der Waals surface area contributed by atoms with Gasteiger partial charge < -0.3 is 29.6 Å². The minimum Gasteiger partial charge on any atom is -0.497 e. The number of amides is 2. The van der Waals surface area contributed by atoms with Crippen LogP contribution in [0.5, 0.6) is 11.5 Å². The highest BCUT2D eigenvalue weighted by Gasteiger charge is 2.61. The van der Waals surface area contributed by atoms with Crippen molar-refractivity contribution < 1.29 is 32.2 Å². The van der Waals surface area contributed by atoms with E-state index in [1.165, 1.54) is 31.9 Å². The van der Waals surface area contributed by atoms with Crippen molar-refractivity contribution in [3.05, 3.63) is 89.1 Å². The molecule has 2 aliphatic rings. The van der Waals surface area contributed by atoms with Crippen LogP contribution in [0.3, 0.4) is 0 Å².